The molecule has 0 aromatic carbocycles. The lowest BCUT2D eigenvalue weighted by atomic mass is 10.2. The summed E-state index contributed by atoms with van der Waals surface area (Å²) in [5.41, 5.74) is -2.51. The van der Waals surface area contributed by atoms with Crippen molar-refractivity contribution >= 4 is 17.3 Å². The van der Waals surface area contributed by atoms with E-state index in [0.717, 1.165) is 0 Å². The Bertz CT molecular complexity index is 380. The quantitative estimate of drug-likeness (QED) is 0.420. The maximum Gasteiger partial charge on any atom is 0.424 e. The van der Waals surface area contributed by atoms with Crippen LogP contribution < -0.4 is 0 Å². The van der Waals surface area contributed by atoms with Gasteiger partial charge in [0.1, 0.15) is 5.15 Å². The highest BCUT2D eigenvalue weighted by Gasteiger charge is 2.38. The van der Waals surface area contributed by atoms with Gasteiger partial charge in [0.25, 0.3) is 5.69 Å². The lowest BCUT2D eigenvalue weighted by Crippen LogP contribution is -2.09. The van der Waals surface area contributed by atoms with Crippen molar-refractivity contribution in [2.24, 2.45) is 0 Å². The molecule has 0 aliphatic carbocycles. The molecule has 0 fully saturated rings. The molecule has 4 nitrogen and oxygen atoms in total. The van der Waals surface area contributed by atoms with Gasteiger partial charge in [0.2, 0.25) is 0 Å². The van der Waals surface area contributed by atoms with Gasteiger partial charge in [-0.25, -0.2) is 4.98 Å². The fourth-order valence-corrected chi connectivity index (χ4v) is 0.942. The molecule has 1 aromatic heterocycles. The summed E-state index contributed by atoms with van der Waals surface area (Å²) in [4.78, 5) is 12.2. The highest BCUT2D eigenvalue weighted by Crippen LogP contribution is 2.36. The van der Waals surface area contributed by atoms with E-state index in [1.165, 1.54) is 0 Å². The minimum absolute atomic E-state index is 0.334. The van der Waals surface area contributed by atoms with Gasteiger partial charge in [0.05, 0.1) is 11.0 Å². The Morgan fingerprint density at radius 1 is 1.50 bits per heavy atom. The summed E-state index contributed by atoms with van der Waals surface area (Å²) in [6.07, 6.45) is -4.47. The minimum Gasteiger partial charge on any atom is -0.258 e. The zero-order valence-corrected chi connectivity index (χ0v) is 7.13. The number of halogens is 4. The van der Waals surface area contributed by atoms with Gasteiger partial charge in [-0.2, -0.15) is 13.2 Å². The minimum atomic E-state index is -4.81. The standard InChI is InChI=1S/C6H2ClF3N2O2/c7-5-1-4(12(13)14)3(2-11-5)6(8,9)10/h1-2H. The summed E-state index contributed by atoms with van der Waals surface area (Å²) >= 11 is 5.23. The fraction of sp³-hybridized carbons (Fsp3) is 0.167. The lowest BCUT2D eigenvalue weighted by molar-refractivity contribution is -0.388. The largest absolute Gasteiger partial charge is 0.424 e. The molecule has 0 N–H and O–H groups in total. The molecule has 1 heterocycles. The van der Waals surface area contributed by atoms with Crippen LogP contribution in [0.1, 0.15) is 5.56 Å². The van der Waals surface area contributed by atoms with Gasteiger partial charge in [0, 0.05) is 6.20 Å². The van der Waals surface area contributed by atoms with E-state index in [-0.39, 0.29) is 5.15 Å². The maximum absolute atomic E-state index is 12.2. The van der Waals surface area contributed by atoms with Gasteiger partial charge in [0.15, 0.2) is 5.56 Å². The van der Waals surface area contributed by atoms with E-state index in [2.05, 4.69) is 4.98 Å². The average molecular weight is 227 g/mol. The highest BCUT2D eigenvalue weighted by atomic mass is 35.5. The third-order valence-electron chi connectivity index (χ3n) is 1.35. The van der Waals surface area contributed by atoms with Crippen molar-refractivity contribution in [3.63, 3.8) is 0 Å². The molecule has 0 aliphatic rings. The number of aromatic nitrogens is 1. The first-order valence-corrected chi connectivity index (χ1v) is 3.57. The number of hydrogen-bond donors (Lipinski definition) is 0. The second-order valence-corrected chi connectivity index (χ2v) is 2.67. The van der Waals surface area contributed by atoms with Crippen LogP contribution in [-0.2, 0) is 6.18 Å². The van der Waals surface area contributed by atoms with Crippen molar-refractivity contribution in [1.29, 1.82) is 0 Å². The molecule has 1 aromatic rings. The molecule has 0 spiro atoms. The Labute approximate surface area is 80.5 Å². The zero-order chi connectivity index (χ0) is 10.9. The van der Waals surface area contributed by atoms with E-state index in [0.29, 0.717) is 12.3 Å². The zero-order valence-electron chi connectivity index (χ0n) is 6.38. The number of nitrogens with zero attached hydrogens (tertiary/aromatic N) is 2. The van der Waals surface area contributed by atoms with Crippen molar-refractivity contribution in [2.45, 2.75) is 6.18 Å². The Morgan fingerprint density at radius 3 is 2.50 bits per heavy atom. The Balaban J connectivity index is 3.37. The molecule has 0 bridgehead atoms. The summed E-state index contributed by atoms with van der Waals surface area (Å²) < 4.78 is 36.5. The Hall–Kier alpha value is -1.37. The van der Waals surface area contributed by atoms with Crippen LogP contribution in [0.25, 0.3) is 0 Å². The van der Waals surface area contributed by atoms with Crippen molar-refractivity contribution in [3.05, 3.63) is 33.1 Å². The number of rotatable bonds is 1. The van der Waals surface area contributed by atoms with Crippen LogP contribution >= 0.6 is 11.6 Å². The maximum atomic E-state index is 12.2. The summed E-state index contributed by atoms with van der Waals surface area (Å²) in [6, 6.07) is 0.560. The van der Waals surface area contributed by atoms with Gasteiger partial charge >= 0.3 is 6.18 Å². The highest BCUT2D eigenvalue weighted by molar-refractivity contribution is 6.29. The predicted molar refractivity (Wildman–Crippen MR) is 40.9 cm³/mol. The van der Waals surface area contributed by atoms with E-state index >= 15 is 0 Å². The fourth-order valence-electron chi connectivity index (χ4n) is 0.790. The topological polar surface area (TPSA) is 56.0 Å². The number of alkyl halides is 3. The molecular weight excluding hydrogens is 225 g/mol. The van der Waals surface area contributed by atoms with Crippen molar-refractivity contribution in [1.82, 2.24) is 4.98 Å². The molecule has 0 saturated carbocycles. The molecule has 8 heteroatoms. The van der Waals surface area contributed by atoms with Gasteiger partial charge in [-0.1, -0.05) is 11.6 Å². The molecule has 1 rings (SSSR count). The molecule has 0 saturated heterocycles. The van der Waals surface area contributed by atoms with Crippen LogP contribution in [0.3, 0.4) is 0 Å². The summed E-state index contributed by atoms with van der Waals surface area (Å²) in [6.45, 7) is 0. The monoisotopic (exact) mass is 226 g/mol. The number of pyridine rings is 1. The first kappa shape index (κ1) is 10.7. The van der Waals surface area contributed by atoms with E-state index < -0.39 is 22.4 Å². The van der Waals surface area contributed by atoms with Crippen LogP contribution in [-0.4, -0.2) is 9.91 Å². The second kappa shape index (κ2) is 3.41. The summed E-state index contributed by atoms with van der Waals surface area (Å²) in [5, 5.41) is 9.88. The van der Waals surface area contributed by atoms with E-state index in [4.69, 9.17) is 11.6 Å². The first-order valence-electron chi connectivity index (χ1n) is 3.19. The molecule has 76 valence electrons. The smallest absolute Gasteiger partial charge is 0.258 e. The van der Waals surface area contributed by atoms with Crippen LogP contribution in [0.15, 0.2) is 12.3 Å². The van der Waals surface area contributed by atoms with Crippen LogP contribution in [0.2, 0.25) is 5.15 Å². The van der Waals surface area contributed by atoms with Crippen LogP contribution in [0, 0.1) is 10.1 Å². The van der Waals surface area contributed by atoms with Gasteiger partial charge in [-0.05, 0) is 0 Å². The van der Waals surface area contributed by atoms with Crippen LogP contribution in [0.5, 0.6) is 0 Å². The van der Waals surface area contributed by atoms with Crippen molar-refractivity contribution in [2.75, 3.05) is 0 Å². The molecule has 0 radical (unpaired) electrons. The summed E-state index contributed by atoms with van der Waals surface area (Å²) in [5.74, 6) is 0. The van der Waals surface area contributed by atoms with E-state index in [1.54, 1.807) is 0 Å². The first-order chi connectivity index (χ1) is 6.32. The molecular formula is C6H2ClF3N2O2. The lowest BCUT2D eigenvalue weighted by Gasteiger charge is -2.05. The Kier molecular flexibility index (Phi) is 2.61. The Morgan fingerprint density at radius 2 is 2.07 bits per heavy atom. The molecule has 0 aliphatic heterocycles. The summed E-state index contributed by atoms with van der Waals surface area (Å²) in [7, 11) is 0. The van der Waals surface area contributed by atoms with Crippen LogP contribution in [0.4, 0.5) is 18.9 Å². The van der Waals surface area contributed by atoms with Gasteiger partial charge < -0.3 is 0 Å². The molecule has 14 heavy (non-hydrogen) atoms. The van der Waals surface area contributed by atoms with Gasteiger partial charge in [-0.3, -0.25) is 10.1 Å². The van der Waals surface area contributed by atoms with E-state index in [1.807, 2.05) is 0 Å². The third-order valence-corrected chi connectivity index (χ3v) is 1.56. The van der Waals surface area contributed by atoms with Crippen molar-refractivity contribution in [3.8, 4) is 0 Å². The molecule has 0 atom stereocenters. The SMILES string of the molecule is O=[N+]([O-])c1cc(Cl)ncc1C(F)(F)F. The normalized spacial score (nSPS) is 11.4. The molecule has 0 unspecified atom stereocenters. The second-order valence-electron chi connectivity index (χ2n) is 2.28. The third kappa shape index (κ3) is 2.11. The number of hydrogen-bond acceptors (Lipinski definition) is 3. The van der Waals surface area contributed by atoms with E-state index in [9.17, 15) is 23.3 Å². The average Bonchev–Trinajstić information content (AvgIpc) is 2.01. The van der Waals surface area contributed by atoms with Gasteiger partial charge in [-0.15, -0.1) is 0 Å². The van der Waals surface area contributed by atoms with Crippen molar-refractivity contribution < 1.29 is 18.1 Å². The molecule has 0 amide bonds. The predicted octanol–water partition coefficient (Wildman–Crippen LogP) is 2.66. The number of nitro groups is 1.